The molecule has 3 aromatic rings. The molecule has 1 fully saturated rings. The van der Waals surface area contributed by atoms with Crippen molar-refractivity contribution in [3.63, 3.8) is 0 Å². The summed E-state index contributed by atoms with van der Waals surface area (Å²) in [5.41, 5.74) is 0.249. The number of alkyl halides is 3. The number of imidazole rings is 1. The van der Waals surface area contributed by atoms with Crippen LogP contribution in [0.2, 0.25) is 0 Å². The molecule has 10 heteroatoms. The summed E-state index contributed by atoms with van der Waals surface area (Å²) in [6.45, 7) is 0.640. The zero-order chi connectivity index (χ0) is 19.0. The predicted octanol–water partition coefficient (Wildman–Crippen LogP) is 3.91. The molecule has 3 heterocycles. The van der Waals surface area contributed by atoms with Gasteiger partial charge in [0, 0.05) is 13.2 Å². The average molecular weight is 381 g/mol. The number of hydrogen-bond donors (Lipinski definition) is 1. The van der Waals surface area contributed by atoms with Crippen LogP contribution in [0.5, 0.6) is 0 Å². The molecule has 1 N–H and O–H groups in total. The lowest BCUT2D eigenvalue weighted by molar-refractivity contribution is -0.137. The van der Waals surface area contributed by atoms with Gasteiger partial charge in [-0.3, -0.25) is 4.57 Å². The Labute approximate surface area is 151 Å². The van der Waals surface area contributed by atoms with Gasteiger partial charge in [-0.2, -0.15) is 27.5 Å². The van der Waals surface area contributed by atoms with Gasteiger partial charge in [0.15, 0.2) is 17.0 Å². The van der Waals surface area contributed by atoms with Crippen LogP contribution < -0.4 is 5.32 Å². The summed E-state index contributed by atoms with van der Waals surface area (Å²) >= 11 is 0. The van der Waals surface area contributed by atoms with E-state index in [0.717, 1.165) is 25.0 Å². The number of anilines is 1. The number of rotatable bonds is 4. The number of ether oxygens (including phenoxy) is 1. The molecule has 1 aliphatic rings. The molecule has 27 heavy (non-hydrogen) atoms. The minimum atomic E-state index is -4.43. The highest BCUT2D eigenvalue weighted by atomic mass is 19.4. The van der Waals surface area contributed by atoms with Crippen LogP contribution in [0, 0.1) is 6.08 Å². The minimum Gasteiger partial charge on any atom is -0.364 e. The molecule has 1 aromatic carbocycles. The van der Waals surface area contributed by atoms with Gasteiger partial charge >= 0.3 is 12.3 Å². The smallest absolute Gasteiger partial charge is 0.364 e. The van der Waals surface area contributed by atoms with Gasteiger partial charge in [0.05, 0.1) is 11.9 Å². The van der Waals surface area contributed by atoms with Crippen molar-refractivity contribution in [3.8, 4) is 0 Å². The van der Waals surface area contributed by atoms with Crippen LogP contribution in [0.25, 0.3) is 11.2 Å². The van der Waals surface area contributed by atoms with Crippen LogP contribution in [0.15, 0.2) is 30.6 Å². The van der Waals surface area contributed by atoms with Gasteiger partial charge < -0.3 is 10.1 Å². The monoisotopic (exact) mass is 381 g/mol. The fraction of sp³-hybridized carbons (Fsp3) is 0.353. The summed E-state index contributed by atoms with van der Waals surface area (Å²) in [7, 11) is 0. The fourth-order valence-corrected chi connectivity index (χ4v) is 3.05. The third kappa shape index (κ3) is 3.57. The van der Waals surface area contributed by atoms with Crippen LogP contribution in [0.3, 0.4) is 0 Å². The normalized spacial score (nSPS) is 17.6. The Balaban J connectivity index is 1.61. The maximum absolute atomic E-state index is 13.9. The van der Waals surface area contributed by atoms with E-state index >= 15 is 0 Å². The molecule has 0 aliphatic carbocycles. The van der Waals surface area contributed by atoms with E-state index < -0.39 is 17.8 Å². The van der Waals surface area contributed by atoms with E-state index in [1.54, 1.807) is 10.6 Å². The molecule has 1 unspecified atom stereocenters. The number of aromatic nitrogens is 4. The van der Waals surface area contributed by atoms with Crippen molar-refractivity contribution in [1.29, 1.82) is 0 Å². The van der Waals surface area contributed by atoms with Crippen LogP contribution in [-0.2, 0) is 17.5 Å². The molecule has 0 amide bonds. The topological polar surface area (TPSA) is 64.9 Å². The number of benzene rings is 1. The van der Waals surface area contributed by atoms with Crippen molar-refractivity contribution >= 4 is 17.0 Å². The van der Waals surface area contributed by atoms with Crippen molar-refractivity contribution in [2.45, 2.75) is 31.8 Å². The summed E-state index contributed by atoms with van der Waals surface area (Å²) in [6.07, 6.45) is -2.48. The molecule has 2 aromatic heterocycles. The van der Waals surface area contributed by atoms with Gasteiger partial charge in [0.25, 0.3) is 0 Å². The number of halogens is 4. The van der Waals surface area contributed by atoms with Gasteiger partial charge in [-0.15, -0.1) is 0 Å². The lowest BCUT2D eigenvalue weighted by Crippen LogP contribution is -2.10. The van der Waals surface area contributed by atoms with E-state index in [2.05, 4.69) is 20.3 Å². The summed E-state index contributed by atoms with van der Waals surface area (Å²) in [4.78, 5) is 11.7. The molecule has 1 atom stereocenters. The molecule has 0 radical (unpaired) electrons. The van der Waals surface area contributed by atoms with E-state index in [1.165, 1.54) is 12.4 Å². The molecule has 142 valence electrons. The Bertz CT molecular complexity index is 966. The van der Waals surface area contributed by atoms with Crippen molar-refractivity contribution < 1.29 is 22.3 Å². The summed E-state index contributed by atoms with van der Waals surface area (Å²) in [6, 6.07) is 4.89. The standard InChI is InChI=1S/C17H15F4N5O/c18-16-24-14(22-8-10-3-1-4-11(7-10)17(19,20)21)13-15(25-16)26(9-23-13)12-5-2-6-27-12/h1,3-4,7,9,12H,2,5-6,8H2,(H,22,24,25). The van der Waals surface area contributed by atoms with E-state index in [4.69, 9.17) is 4.74 Å². The summed E-state index contributed by atoms with van der Waals surface area (Å²) in [5.74, 6) is 0.117. The Morgan fingerprint density at radius 1 is 1.26 bits per heavy atom. The molecule has 0 bridgehead atoms. The largest absolute Gasteiger partial charge is 0.416 e. The molecule has 6 nitrogen and oxygen atoms in total. The number of fused-ring (bicyclic) bond motifs is 1. The number of hydrogen-bond acceptors (Lipinski definition) is 5. The second kappa shape index (κ2) is 6.76. The van der Waals surface area contributed by atoms with E-state index in [1.807, 2.05) is 0 Å². The maximum Gasteiger partial charge on any atom is 0.416 e. The Morgan fingerprint density at radius 2 is 2.11 bits per heavy atom. The van der Waals surface area contributed by atoms with Crippen LogP contribution >= 0.6 is 0 Å². The van der Waals surface area contributed by atoms with Gasteiger partial charge in [-0.25, -0.2) is 4.98 Å². The van der Waals surface area contributed by atoms with Gasteiger partial charge in [-0.1, -0.05) is 12.1 Å². The Hall–Kier alpha value is -2.75. The first-order valence-electron chi connectivity index (χ1n) is 8.33. The molecule has 0 saturated carbocycles. The second-order valence-corrected chi connectivity index (χ2v) is 6.18. The quantitative estimate of drug-likeness (QED) is 0.548. The highest BCUT2D eigenvalue weighted by Gasteiger charge is 2.30. The molecular formula is C17H15F4N5O. The zero-order valence-electron chi connectivity index (χ0n) is 14.0. The van der Waals surface area contributed by atoms with Crippen LogP contribution in [0.4, 0.5) is 23.4 Å². The maximum atomic E-state index is 13.9. The second-order valence-electron chi connectivity index (χ2n) is 6.18. The van der Waals surface area contributed by atoms with E-state index in [-0.39, 0.29) is 24.2 Å². The number of nitrogens with one attached hydrogen (secondary N) is 1. The van der Waals surface area contributed by atoms with Crippen LogP contribution in [-0.4, -0.2) is 26.1 Å². The summed E-state index contributed by atoms with van der Waals surface area (Å²) < 4.78 is 59.6. The van der Waals surface area contributed by atoms with Gasteiger partial charge in [0.1, 0.15) is 6.23 Å². The first-order valence-corrected chi connectivity index (χ1v) is 8.33. The molecule has 4 rings (SSSR count). The molecule has 1 saturated heterocycles. The van der Waals surface area contributed by atoms with Gasteiger partial charge in [-0.05, 0) is 30.5 Å². The number of nitrogens with zero attached hydrogens (tertiary/aromatic N) is 4. The Kier molecular flexibility index (Phi) is 4.42. The zero-order valence-corrected chi connectivity index (χ0v) is 14.0. The van der Waals surface area contributed by atoms with E-state index in [9.17, 15) is 17.6 Å². The minimum absolute atomic E-state index is 0.0300. The third-order valence-electron chi connectivity index (χ3n) is 4.32. The van der Waals surface area contributed by atoms with Crippen LogP contribution in [0.1, 0.15) is 30.2 Å². The van der Waals surface area contributed by atoms with Crippen molar-refractivity contribution in [2.24, 2.45) is 0 Å². The van der Waals surface area contributed by atoms with Crippen molar-refractivity contribution in [1.82, 2.24) is 19.5 Å². The SMILES string of the molecule is Fc1nc(NCc2cccc(C(F)(F)F)c2)c2ncn(C3CCCO3)c2n1. The predicted molar refractivity (Wildman–Crippen MR) is 88.3 cm³/mol. The first kappa shape index (κ1) is 17.7. The summed E-state index contributed by atoms with van der Waals surface area (Å²) in [5, 5.41) is 2.85. The van der Waals surface area contributed by atoms with Crippen molar-refractivity contribution in [3.05, 3.63) is 47.8 Å². The fourth-order valence-electron chi connectivity index (χ4n) is 3.05. The first-order chi connectivity index (χ1) is 12.9. The molecule has 0 spiro atoms. The van der Waals surface area contributed by atoms with Gasteiger partial charge in [0.2, 0.25) is 0 Å². The van der Waals surface area contributed by atoms with E-state index in [0.29, 0.717) is 17.7 Å². The lowest BCUT2D eigenvalue weighted by Gasteiger charge is -2.12. The highest BCUT2D eigenvalue weighted by molar-refractivity contribution is 5.82. The Morgan fingerprint density at radius 3 is 2.85 bits per heavy atom. The highest BCUT2D eigenvalue weighted by Crippen LogP contribution is 2.30. The average Bonchev–Trinajstić information content (AvgIpc) is 3.28. The van der Waals surface area contributed by atoms with Crippen molar-refractivity contribution in [2.75, 3.05) is 11.9 Å². The molecular weight excluding hydrogens is 366 g/mol. The molecule has 1 aliphatic heterocycles. The lowest BCUT2D eigenvalue weighted by atomic mass is 10.1. The third-order valence-corrected chi connectivity index (χ3v) is 4.32.